The predicted octanol–water partition coefficient (Wildman–Crippen LogP) is 2.59. The number of nitrogens with one attached hydrogen (secondary N) is 1. The molecule has 0 aliphatic rings. The van der Waals surface area contributed by atoms with Crippen LogP contribution >= 0.6 is 0 Å². The van der Waals surface area contributed by atoms with Crippen molar-refractivity contribution >= 4 is 16.7 Å². The van der Waals surface area contributed by atoms with E-state index < -0.39 is 5.97 Å². The van der Waals surface area contributed by atoms with Crippen molar-refractivity contribution in [1.29, 1.82) is 0 Å². The minimum absolute atomic E-state index is 0.115. The lowest BCUT2D eigenvalue weighted by molar-refractivity contribution is 0.0466. The standard InChI is InChI=1S/C17H14N2O3/c1-11-6-2-3-7-12(11)10-22-17(21)15-13-8-4-5-9-14(13)16(20)19-18-15/h2-9H,10H2,1H3,(H,19,20). The fraction of sp³-hybridized carbons (Fsp3) is 0.118. The summed E-state index contributed by atoms with van der Waals surface area (Å²) in [5.74, 6) is -0.560. The van der Waals surface area contributed by atoms with E-state index >= 15 is 0 Å². The lowest BCUT2D eigenvalue weighted by Crippen LogP contribution is -2.16. The topological polar surface area (TPSA) is 72.0 Å². The molecule has 3 rings (SSSR count). The molecule has 1 aromatic heterocycles. The van der Waals surface area contributed by atoms with E-state index in [1.54, 1.807) is 24.3 Å². The zero-order valence-electron chi connectivity index (χ0n) is 12.0. The number of ether oxygens (including phenoxy) is 1. The number of rotatable bonds is 3. The van der Waals surface area contributed by atoms with Crippen LogP contribution in [0.2, 0.25) is 0 Å². The van der Waals surface area contributed by atoms with E-state index in [0.717, 1.165) is 11.1 Å². The largest absolute Gasteiger partial charge is 0.456 e. The quantitative estimate of drug-likeness (QED) is 0.754. The Kier molecular flexibility index (Phi) is 3.70. The van der Waals surface area contributed by atoms with Crippen LogP contribution in [-0.2, 0) is 11.3 Å². The number of nitrogens with zero attached hydrogens (tertiary/aromatic N) is 1. The highest BCUT2D eigenvalue weighted by molar-refractivity contribution is 6.01. The van der Waals surface area contributed by atoms with Gasteiger partial charge in [0, 0.05) is 5.39 Å². The van der Waals surface area contributed by atoms with Gasteiger partial charge in [0.1, 0.15) is 6.61 Å². The second-order valence-electron chi connectivity index (χ2n) is 4.95. The second-order valence-corrected chi connectivity index (χ2v) is 4.95. The average Bonchev–Trinajstić information content (AvgIpc) is 2.54. The second kappa shape index (κ2) is 5.81. The molecule has 0 amide bonds. The Morgan fingerprint density at radius 1 is 1.09 bits per heavy atom. The highest BCUT2D eigenvalue weighted by Crippen LogP contribution is 2.15. The van der Waals surface area contributed by atoms with E-state index in [9.17, 15) is 9.59 Å². The molecule has 3 aromatic rings. The van der Waals surface area contributed by atoms with Crippen molar-refractivity contribution in [2.45, 2.75) is 13.5 Å². The van der Waals surface area contributed by atoms with Crippen LogP contribution in [-0.4, -0.2) is 16.2 Å². The van der Waals surface area contributed by atoms with E-state index in [1.807, 2.05) is 31.2 Å². The molecular weight excluding hydrogens is 280 g/mol. The number of aromatic nitrogens is 2. The number of hydrogen-bond acceptors (Lipinski definition) is 4. The van der Waals surface area contributed by atoms with Crippen LogP contribution in [0.25, 0.3) is 10.8 Å². The average molecular weight is 294 g/mol. The smallest absolute Gasteiger partial charge is 0.359 e. The number of aryl methyl sites for hydroxylation is 1. The first-order valence-electron chi connectivity index (χ1n) is 6.86. The lowest BCUT2D eigenvalue weighted by Gasteiger charge is -2.08. The number of carbonyl (C=O) groups is 1. The number of carbonyl (C=O) groups excluding carboxylic acids is 1. The zero-order valence-corrected chi connectivity index (χ0v) is 12.0. The summed E-state index contributed by atoms with van der Waals surface area (Å²) >= 11 is 0. The van der Waals surface area contributed by atoms with Gasteiger partial charge in [0.05, 0.1) is 5.39 Å². The van der Waals surface area contributed by atoms with Gasteiger partial charge in [-0.3, -0.25) is 4.79 Å². The first-order chi connectivity index (χ1) is 10.7. The molecule has 1 N–H and O–H groups in total. The Morgan fingerprint density at radius 2 is 1.77 bits per heavy atom. The molecule has 2 aromatic carbocycles. The van der Waals surface area contributed by atoms with Crippen molar-refractivity contribution in [2.24, 2.45) is 0 Å². The number of hydrogen-bond donors (Lipinski definition) is 1. The third-order valence-electron chi connectivity index (χ3n) is 3.51. The summed E-state index contributed by atoms with van der Waals surface area (Å²) in [6.45, 7) is 2.12. The van der Waals surface area contributed by atoms with E-state index in [2.05, 4.69) is 10.2 Å². The Labute approximate surface area is 126 Å². The van der Waals surface area contributed by atoms with Gasteiger partial charge in [0.2, 0.25) is 0 Å². The monoisotopic (exact) mass is 294 g/mol. The molecule has 110 valence electrons. The van der Waals surface area contributed by atoms with Gasteiger partial charge < -0.3 is 4.74 Å². The van der Waals surface area contributed by atoms with Gasteiger partial charge in [0.15, 0.2) is 5.69 Å². The Morgan fingerprint density at radius 3 is 2.55 bits per heavy atom. The SMILES string of the molecule is Cc1ccccc1COC(=O)c1n[nH]c(=O)c2ccccc12. The molecule has 0 fully saturated rings. The number of esters is 1. The van der Waals surface area contributed by atoms with Gasteiger partial charge >= 0.3 is 5.97 Å². The number of benzene rings is 2. The summed E-state index contributed by atoms with van der Waals surface area (Å²) in [4.78, 5) is 24.0. The molecule has 0 aliphatic heterocycles. The molecule has 0 aliphatic carbocycles. The van der Waals surface area contributed by atoms with Crippen LogP contribution in [0.5, 0.6) is 0 Å². The molecule has 0 unspecified atom stereocenters. The summed E-state index contributed by atoms with van der Waals surface area (Å²) in [5, 5.41) is 7.06. The Hall–Kier alpha value is -2.95. The zero-order chi connectivity index (χ0) is 15.5. The number of H-pyrrole nitrogens is 1. The van der Waals surface area contributed by atoms with Crippen LogP contribution in [0.15, 0.2) is 53.3 Å². The summed E-state index contributed by atoms with van der Waals surface area (Å²) in [7, 11) is 0. The first-order valence-corrected chi connectivity index (χ1v) is 6.86. The molecule has 0 bridgehead atoms. The molecule has 5 heteroatoms. The Balaban J connectivity index is 1.89. The van der Waals surface area contributed by atoms with E-state index in [1.165, 1.54) is 0 Å². The third-order valence-corrected chi connectivity index (χ3v) is 3.51. The maximum absolute atomic E-state index is 12.2. The van der Waals surface area contributed by atoms with Gasteiger partial charge in [-0.15, -0.1) is 0 Å². The van der Waals surface area contributed by atoms with Crippen molar-refractivity contribution in [3.63, 3.8) is 0 Å². The number of aromatic amines is 1. The maximum atomic E-state index is 12.2. The summed E-state index contributed by atoms with van der Waals surface area (Å²) < 4.78 is 5.32. The molecule has 0 saturated heterocycles. The number of fused-ring (bicyclic) bond motifs is 1. The third kappa shape index (κ3) is 2.61. The van der Waals surface area contributed by atoms with Crippen LogP contribution < -0.4 is 5.56 Å². The molecule has 1 heterocycles. The Bertz CT molecular complexity index is 900. The molecule has 0 spiro atoms. The molecule has 5 nitrogen and oxygen atoms in total. The van der Waals surface area contributed by atoms with Crippen molar-refractivity contribution in [3.05, 3.63) is 75.7 Å². The van der Waals surface area contributed by atoms with E-state index in [0.29, 0.717) is 10.8 Å². The van der Waals surface area contributed by atoms with Gasteiger partial charge in [-0.1, -0.05) is 42.5 Å². The van der Waals surface area contributed by atoms with Crippen molar-refractivity contribution < 1.29 is 9.53 Å². The van der Waals surface area contributed by atoms with Crippen molar-refractivity contribution in [2.75, 3.05) is 0 Å². The minimum atomic E-state index is -0.560. The van der Waals surface area contributed by atoms with Gasteiger partial charge in [0.25, 0.3) is 5.56 Å². The van der Waals surface area contributed by atoms with Crippen LogP contribution in [0.1, 0.15) is 21.6 Å². The summed E-state index contributed by atoms with van der Waals surface area (Å²) in [6, 6.07) is 14.5. The predicted molar refractivity (Wildman–Crippen MR) is 82.7 cm³/mol. The highest BCUT2D eigenvalue weighted by atomic mass is 16.5. The van der Waals surface area contributed by atoms with Gasteiger partial charge in [-0.2, -0.15) is 5.10 Å². The molecule has 0 radical (unpaired) electrons. The fourth-order valence-corrected chi connectivity index (χ4v) is 2.25. The van der Waals surface area contributed by atoms with Crippen LogP contribution in [0.4, 0.5) is 0 Å². The van der Waals surface area contributed by atoms with E-state index in [-0.39, 0.29) is 17.9 Å². The summed E-state index contributed by atoms with van der Waals surface area (Å²) in [5.41, 5.74) is 1.77. The molecule has 22 heavy (non-hydrogen) atoms. The molecular formula is C17H14N2O3. The highest BCUT2D eigenvalue weighted by Gasteiger charge is 2.15. The van der Waals surface area contributed by atoms with Crippen LogP contribution in [0, 0.1) is 6.92 Å². The summed E-state index contributed by atoms with van der Waals surface area (Å²) in [6.07, 6.45) is 0. The minimum Gasteiger partial charge on any atom is -0.456 e. The van der Waals surface area contributed by atoms with E-state index in [4.69, 9.17) is 4.74 Å². The molecule has 0 saturated carbocycles. The lowest BCUT2D eigenvalue weighted by atomic mass is 10.1. The van der Waals surface area contributed by atoms with Gasteiger partial charge in [-0.05, 0) is 24.1 Å². The fourth-order valence-electron chi connectivity index (χ4n) is 2.25. The van der Waals surface area contributed by atoms with Crippen molar-refractivity contribution in [1.82, 2.24) is 10.2 Å². The normalized spacial score (nSPS) is 10.6. The first kappa shape index (κ1) is 14.0. The molecule has 0 atom stereocenters. The van der Waals surface area contributed by atoms with Crippen molar-refractivity contribution in [3.8, 4) is 0 Å². The van der Waals surface area contributed by atoms with Crippen LogP contribution in [0.3, 0.4) is 0 Å². The maximum Gasteiger partial charge on any atom is 0.359 e. The van der Waals surface area contributed by atoms with Gasteiger partial charge in [-0.25, -0.2) is 9.89 Å².